The maximum absolute atomic E-state index is 12.9. The number of ether oxygens (including phenoxy) is 2. The number of aromatic nitrogens is 2. The van der Waals surface area contributed by atoms with E-state index in [1.807, 2.05) is 12.1 Å². The van der Waals surface area contributed by atoms with Crippen molar-refractivity contribution in [2.45, 2.75) is 44.9 Å². The third-order valence-corrected chi connectivity index (χ3v) is 7.51. The zero-order chi connectivity index (χ0) is 26.3. The number of hydrogen-bond donors (Lipinski definition) is 1. The summed E-state index contributed by atoms with van der Waals surface area (Å²) < 4.78 is 12.6. The molecule has 38 heavy (non-hydrogen) atoms. The van der Waals surface area contributed by atoms with Crippen LogP contribution in [0.2, 0.25) is 5.02 Å². The molecule has 3 heterocycles. The summed E-state index contributed by atoms with van der Waals surface area (Å²) in [5.41, 5.74) is 5.56. The molecular weight excluding hydrogens is 500 g/mol. The number of hydrogen-bond acceptors (Lipinski definition) is 6. The van der Waals surface area contributed by atoms with Crippen molar-refractivity contribution < 1.29 is 9.47 Å². The van der Waals surface area contributed by atoms with Crippen molar-refractivity contribution in [3.63, 3.8) is 0 Å². The number of aryl methyl sites for hydroxylation is 1. The Bertz CT molecular complexity index is 1310. The molecule has 0 saturated carbocycles. The molecule has 5 rings (SSSR count). The number of likely N-dealkylation sites (tertiary alicyclic amines) is 1. The first-order valence-corrected chi connectivity index (χ1v) is 13.7. The number of fused-ring (bicyclic) bond motifs is 1. The van der Waals surface area contributed by atoms with Gasteiger partial charge in [0.05, 0.1) is 17.3 Å². The second kappa shape index (κ2) is 12.7. The molecule has 1 N–H and O–H groups in total. The highest BCUT2D eigenvalue weighted by atomic mass is 35.5. The summed E-state index contributed by atoms with van der Waals surface area (Å²) in [7, 11) is 1.75. The Balaban J connectivity index is 1.18. The molecule has 1 aliphatic carbocycles. The standard InChI is InChI=1S/C30H35ClN4O3/c1-37-15-11-32-26-8-12-34(13-9-26)20-22-2-3-24-17-28(7-4-23(24)16-22)35-14-10-29(18-30(35)36)38-21-27-6-5-25(31)19-33-27/h2-3,5-6,10,14,16-19,26,32H,4,7-9,11-13,15,20-21H2,1H3. The summed E-state index contributed by atoms with van der Waals surface area (Å²) in [6.07, 6.45) is 9.62. The van der Waals surface area contributed by atoms with Gasteiger partial charge in [-0.2, -0.15) is 0 Å². The molecule has 0 spiro atoms. The van der Waals surface area contributed by atoms with Crippen LogP contribution in [0.15, 0.2) is 59.7 Å². The van der Waals surface area contributed by atoms with Crippen LogP contribution in [0.3, 0.4) is 0 Å². The first-order chi connectivity index (χ1) is 18.6. The molecule has 7 nitrogen and oxygen atoms in total. The molecule has 0 amide bonds. The topological polar surface area (TPSA) is 68.6 Å². The van der Waals surface area contributed by atoms with Crippen molar-refractivity contribution in [1.82, 2.24) is 19.8 Å². The molecule has 1 saturated heterocycles. The molecule has 0 bridgehead atoms. The molecule has 3 aromatic rings. The molecule has 0 radical (unpaired) electrons. The summed E-state index contributed by atoms with van der Waals surface area (Å²) in [5, 5.41) is 4.17. The minimum Gasteiger partial charge on any atom is -0.487 e. The summed E-state index contributed by atoms with van der Waals surface area (Å²) in [6.45, 7) is 5.19. The smallest absolute Gasteiger partial charge is 0.258 e. The summed E-state index contributed by atoms with van der Waals surface area (Å²) >= 11 is 5.88. The third kappa shape index (κ3) is 6.91. The van der Waals surface area contributed by atoms with Crippen LogP contribution in [-0.4, -0.2) is 53.8 Å². The molecule has 0 atom stereocenters. The average Bonchev–Trinajstić information content (AvgIpc) is 2.94. The normalized spacial score (nSPS) is 16.2. The van der Waals surface area contributed by atoms with E-state index in [4.69, 9.17) is 21.1 Å². The van der Waals surface area contributed by atoms with E-state index in [2.05, 4.69) is 39.5 Å². The fourth-order valence-electron chi connectivity index (χ4n) is 5.17. The van der Waals surface area contributed by atoms with Crippen LogP contribution in [0, 0.1) is 0 Å². The minimum absolute atomic E-state index is 0.0991. The largest absolute Gasteiger partial charge is 0.487 e. The van der Waals surface area contributed by atoms with Crippen LogP contribution >= 0.6 is 11.6 Å². The van der Waals surface area contributed by atoms with Crippen molar-refractivity contribution in [2.75, 3.05) is 33.4 Å². The molecule has 0 unspecified atom stereocenters. The van der Waals surface area contributed by atoms with Gasteiger partial charge in [-0.05, 0) is 79.7 Å². The van der Waals surface area contributed by atoms with Gasteiger partial charge < -0.3 is 14.8 Å². The minimum atomic E-state index is -0.0991. The number of rotatable bonds is 10. The van der Waals surface area contributed by atoms with E-state index < -0.39 is 0 Å². The van der Waals surface area contributed by atoms with Gasteiger partial charge in [0.1, 0.15) is 12.4 Å². The van der Waals surface area contributed by atoms with E-state index in [9.17, 15) is 4.79 Å². The van der Waals surface area contributed by atoms with Crippen molar-refractivity contribution in [2.24, 2.45) is 0 Å². The Morgan fingerprint density at radius 1 is 1.11 bits per heavy atom. The summed E-state index contributed by atoms with van der Waals surface area (Å²) in [5.74, 6) is 0.527. The van der Waals surface area contributed by atoms with Crippen molar-refractivity contribution in [3.05, 3.63) is 92.6 Å². The van der Waals surface area contributed by atoms with Crippen molar-refractivity contribution in [3.8, 4) is 5.75 Å². The summed E-state index contributed by atoms with van der Waals surface area (Å²) in [4.78, 5) is 19.6. The van der Waals surface area contributed by atoms with Gasteiger partial charge >= 0.3 is 0 Å². The van der Waals surface area contributed by atoms with Gasteiger partial charge in [0.15, 0.2) is 0 Å². The van der Waals surface area contributed by atoms with E-state index in [1.165, 1.54) is 35.6 Å². The lowest BCUT2D eigenvalue weighted by Crippen LogP contribution is -2.43. The number of nitrogens with one attached hydrogen (secondary N) is 1. The monoisotopic (exact) mass is 534 g/mol. The number of piperidine rings is 1. The number of allylic oxidation sites excluding steroid dienone is 1. The Morgan fingerprint density at radius 2 is 1.97 bits per heavy atom. The van der Waals surface area contributed by atoms with Gasteiger partial charge in [0.25, 0.3) is 5.56 Å². The second-order valence-electron chi connectivity index (χ2n) is 9.99. The third-order valence-electron chi connectivity index (χ3n) is 7.29. The van der Waals surface area contributed by atoms with Crippen LogP contribution in [-0.2, 0) is 24.3 Å². The highest BCUT2D eigenvalue weighted by Gasteiger charge is 2.20. The summed E-state index contributed by atoms with van der Waals surface area (Å²) in [6, 6.07) is 14.3. The molecule has 1 aliphatic heterocycles. The van der Waals surface area contributed by atoms with Crippen LogP contribution in [0.1, 0.15) is 41.6 Å². The van der Waals surface area contributed by atoms with Crippen LogP contribution in [0.4, 0.5) is 0 Å². The molecule has 2 aromatic heterocycles. The zero-order valence-corrected chi connectivity index (χ0v) is 22.6. The van der Waals surface area contributed by atoms with E-state index in [0.29, 0.717) is 16.8 Å². The lowest BCUT2D eigenvalue weighted by molar-refractivity contribution is 0.168. The molecule has 8 heteroatoms. The number of benzene rings is 1. The van der Waals surface area contributed by atoms with Crippen LogP contribution in [0.25, 0.3) is 11.8 Å². The quantitative estimate of drug-likeness (QED) is 0.383. The van der Waals surface area contributed by atoms with Crippen LogP contribution in [0.5, 0.6) is 5.75 Å². The second-order valence-corrected chi connectivity index (χ2v) is 10.4. The fourth-order valence-corrected chi connectivity index (χ4v) is 5.29. The highest BCUT2D eigenvalue weighted by molar-refractivity contribution is 6.30. The lowest BCUT2D eigenvalue weighted by atomic mass is 9.93. The predicted octanol–water partition coefficient (Wildman–Crippen LogP) is 4.62. The van der Waals surface area contributed by atoms with Crippen molar-refractivity contribution >= 4 is 23.4 Å². The first kappa shape index (κ1) is 26.6. The number of pyridine rings is 2. The predicted molar refractivity (Wildman–Crippen MR) is 151 cm³/mol. The highest BCUT2D eigenvalue weighted by Crippen LogP contribution is 2.28. The van der Waals surface area contributed by atoms with Gasteiger partial charge in [0, 0.05) is 50.4 Å². The number of methoxy groups -OCH3 is 1. The Morgan fingerprint density at radius 3 is 2.74 bits per heavy atom. The molecule has 1 fully saturated rings. The van der Waals surface area contributed by atoms with Gasteiger partial charge in [-0.3, -0.25) is 19.2 Å². The SMILES string of the molecule is COCCNC1CCN(Cc2ccc3c(c2)CCC(n2ccc(OCc4ccc(Cl)cn4)cc2=O)=C3)CC1. The van der Waals surface area contributed by atoms with Gasteiger partial charge in [-0.15, -0.1) is 0 Å². The maximum atomic E-state index is 12.9. The maximum Gasteiger partial charge on any atom is 0.258 e. The van der Waals surface area contributed by atoms with Gasteiger partial charge in [-0.25, -0.2) is 0 Å². The zero-order valence-electron chi connectivity index (χ0n) is 21.9. The Labute approximate surface area is 229 Å². The van der Waals surface area contributed by atoms with E-state index in [0.717, 1.165) is 57.0 Å². The number of nitrogens with zero attached hydrogens (tertiary/aromatic N) is 3. The Hall–Kier alpha value is -2.97. The van der Waals surface area contributed by atoms with E-state index in [-0.39, 0.29) is 12.2 Å². The van der Waals surface area contributed by atoms with E-state index >= 15 is 0 Å². The molecular formula is C30H35ClN4O3. The Kier molecular flexibility index (Phi) is 8.91. The average molecular weight is 535 g/mol. The van der Waals surface area contributed by atoms with Gasteiger partial charge in [-0.1, -0.05) is 29.8 Å². The van der Waals surface area contributed by atoms with Crippen LogP contribution < -0.4 is 15.6 Å². The fraction of sp³-hybridized carbons (Fsp3) is 0.400. The molecule has 200 valence electrons. The molecule has 2 aliphatic rings. The lowest BCUT2D eigenvalue weighted by Gasteiger charge is -2.32. The first-order valence-electron chi connectivity index (χ1n) is 13.3. The van der Waals surface area contributed by atoms with Gasteiger partial charge in [0.2, 0.25) is 0 Å². The number of halogens is 1. The van der Waals surface area contributed by atoms with Crippen molar-refractivity contribution in [1.29, 1.82) is 0 Å². The molecule has 1 aromatic carbocycles. The van der Waals surface area contributed by atoms with E-state index in [1.54, 1.807) is 30.1 Å².